The highest BCUT2D eigenvalue weighted by atomic mass is 35.5. The Morgan fingerprint density at radius 3 is 2.52 bits per heavy atom. The Morgan fingerprint density at radius 1 is 1.22 bits per heavy atom. The molecule has 0 aliphatic carbocycles. The Balaban J connectivity index is 1.60. The zero-order valence-corrected chi connectivity index (χ0v) is 14.5. The molecule has 0 radical (unpaired) electrons. The van der Waals surface area contributed by atoms with Gasteiger partial charge in [-0.2, -0.15) is 0 Å². The van der Waals surface area contributed by atoms with Crippen LogP contribution in [0.1, 0.15) is 6.92 Å². The lowest BCUT2D eigenvalue weighted by Gasteiger charge is -2.31. The lowest BCUT2D eigenvalue weighted by molar-refractivity contribution is -0.121. The zero-order valence-electron chi connectivity index (χ0n) is 12.9. The van der Waals surface area contributed by atoms with Gasteiger partial charge in [0.2, 0.25) is 5.91 Å². The van der Waals surface area contributed by atoms with Crippen molar-refractivity contribution in [3.8, 4) is 0 Å². The number of amides is 1. The molecule has 1 fully saturated rings. The lowest BCUT2D eigenvalue weighted by atomic mass is 9.88. The highest BCUT2D eigenvalue weighted by Gasteiger charge is 2.28. The van der Waals surface area contributed by atoms with Crippen molar-refractivity contribution in [1.29, 1.82) is 0 Å². The van der Waals surface area contributed by atoms with Gasteiger partial charge in [0.25, 0.3) is 0 Å². The molecule has 2 aromatic rings. The van der Waals surface area contributed by atoms with E-state index in [1.165, 1.54) is 0 Å². The van der Waals surface area contributed by atoms with Crippen LogP contribution in [-0.4, -0.2) is 19.0 Å². The molecule has 1 atom stereocenters. The highest BCUT2D eigenvalue weighted by molar-refractivity contribution is 7.99. The smallest absolute Gasteiger partial charge is 0.227 e. The first kappa shape index (κ1) is 16.4. The first-order valence-electron chi connectivity index (χ1n) is 7.67. The summed E-state index contributed by atoms with van der Waals surface area (Å²) in [6, 6.07) is 15.6. The predicted octanol–water partition coefficient (Wildman–Crippen LogP) is 4.29. The van der Waals surface area contributed by atoms with E-state index in [0.29, 0.717) is 5.92 Å². The number of carbonyl (C=O) groups excluding carboxylic acids is 1. The van der Waals surface area contributed by atoms with Crippen LogP contribution in [-0.2, 0) is 4.79 Å². The first-order chi connectivity index (χ1) is 11.1. The normalized spacial score (nSPS) is 15.7. The van der Waals surface area contributed by atoms with E-state index in [1.54, 1.807) is 11.8 Å². The number of rotatable bonds is 5. The predicted molar refractivity (Wildman–Crippen MR) is 96.2 cm³/mol. The maximum Gasteiger partial charge on any atom is 0.227 e. The van der Waals surface area contributed by atoms with E-state index in [-0.39, 0.29) is 11.8 Å². The van der Waals surface area contributed by atoms with Crippen LogP contribution >= 0.6 is 23.4 Å². The van der Waals surface area contributed by atoms with Crippen LogP contribution < -0.4 is 10.6 Å². The van der Waals surface area contributed by atoms with Crippen molar-refractivity contribution < 1.29 is 4.79 Å². The largest absolute Gasteiger partial charge is 0.326 e. The van der Waals surface area contributed by atoms with Gasteiger partial charge in [0.05, 0.1) is 5.02 Å². The van der Waals surface area contributed by atoms with Crippen LogP contribution in [0.15, 0.2) is 58.3 Å². The van der Waals surface area contributed by atoms with Gasteiger partial charge in [0.1, 0.15) is 0 Å². The summed E-state index contributed by atoms with van der Waals surface area (Å²) in [5, 5.41) is 6.94. The van der Waals surface area contributed by atoms with Crippen molar-refractivity contribution in [2.45, 2.75) is 16.7 Å². The first-order valence-corrected chi connectivity index (χ1v) is 8.87. The number of hydrogen-bond acceptors (Lipinski definition) is 3. The molecule has 2 aromatic carbocycles. The van der Waals surface area contributed by atoms with Crippen molar-refractivity contribution in [3.63, 3.8) is 0 Å². The summed E-state index contributed by atoms with van der Waals surface area (Å²) in [4.78, 5) is 14.3. The van der Waals surface area contributed by atoms with Crippen molar-refractivity contribution in [2.24, 2.45) is 11.8 Å². The molecule has 1 aliphatic heterocycles. The molecule has 1 amide bonds. The summed E-state index contributed by atoms with van der Waals surface area (Å²) in [7, 11) is 0. The number of hydrogen-bond donors (Lipinski definition) is 2. The maximum atomic E-state index is 12.2. The summed E-state index contributed by atoms with van der Waals surface area (Å²) in [5.41, 5.74) is 0.831. The number of benzene rings is 2. The highest BCUT2D eigenvalue weighted by Crippen LogP contribution is 2.33. The Morgan fingerprint density at radius 2 is 1.91 bits per heavy atom. The van der Waals surface area contributed by atoms with Gasteiger partial charge in [-0.15, -0.1) is 0 Å². The van der Waals surface area contributed by atoms with Crippen LogP contribution in [0.3, 0.4) is 0 Å². The number of halogens is 1. The molecule has 1 unspecified atom stereocenters. The zero-order chi connectivity index (χ0) is 16.2. The molecular weight excluding hydrogens is 328 g/mol. The summed E-state index contributed by atoms with van der Waals surface area (Å²) in [5.74, 6) is 0.571. The number of anilines is 1. The third-order valence-electron chi connectivity index (χ3n) is 4.12. The summed E-state index contributed by atoms with van der Waals surface area (Å²) < 4.78 is 0. The van der Waals surface area contributed by atoms with Crippen LogP contribution in [0.25, 0.3) is 0 Å². The van der Waals surface area contributed by atoms with E-state index in [9.17, 15) is 4.79 Å². The molecular formula is C18H19ClN2OS. The third kappa shape index (κ3) is 4.08. The van der Waals surface area contributed by atoms with Crippen LogP contribution in [0.2, 0.25) is 5.02 Å². The van der Waals surface area contributed by atoms with E-state index in [1.807, 2.05) is 55.5 Å². The van der Waals surface area contributed by atoms with E-state index in [0.717, 1.165) is 33.6 Å². The molecule has 0 bridgehead atoms. The molecule has 0 spiro atoms. The second-order valence-corrected chi connectivity index (χ2v) is 7.28. The minimum atomic E-state index is 0.0356. The van der Waals surface area contributed by atoms with Gasteiger partial charge in [0, 0.05) is 21.4 Å². The van der Waals surface area contributed by atoms with E-state index in [2.05, 4.69) is 10.6 Å². The molecule has 120 valence electrons. The fraction of sp³-hybridized carbons (Fsp3) is 0.278. The van der Waals surface area contributed by atoms with Crippen LogP contribution in [0.4, 0.5) is 5.69 Å². The van der Waals surface area contributed by atoms with Gasteiger partial charge in [0.15, 0.2) is 0 Å². The molecule has 23 heavy (non-hydrogen) atoms. The van der Waals surface area contributed by atoms with Gasteiger partial charge >= 0.3 is 0 Å². The second kappa shape index (κ2) is 7.39. The van der Waals surface area contributed by atoms with Gasteiger partial charge in [-0.05, 0) is 55.4 Å². The van der Waals surface area contributed by atoms with Crippen LogP contribution in [0, 0.1) is 11.8 Å². The number of nitrogens with one attached hydrogen (secondary N) is 2. The average Bonchev–Trinajstić information content (AvgIpc) is 2.49. The van der Waals surface area contributed by atoms with Crippen molar-refractivity contribution in [3.05, 3.63) is 53.6 Å². The molecule has 1 saturated heterocycles. The van der Waals surface area contributed by atoms with Gasteiger partial charge < -0.3 is 10.6 Å². The average molecular weight is 347 g/mol. The van der Waals surface area contributed by atoms with E-state index >= 15 is 0 Å². The molecule has 0 aromatic heterocycles. The molecule has 1 aliphatic rings. The Kier molecular flexibility index (Phi) is 5.26. The topological polar surface area (TPSA) is 41.1 Å². The Bertz CT molecular complexity index is 686. The molecule has 3 rings (SSSR count). The Labute approximate surface area is 145 Å². The lowest BCUT2D eigenvalue weighted by Crippen LogP contribution is -2.48. The molecule has 5 heteroatoms. The van der Waals surface area contributed by atoms with Crippen molar-refractivity contribution >= 4 is 35.0 Å². The molecule has 3 nitrogen and oxygen atoms in total. The standard InChI is InChI=1S/C18H19ClN2OS/c1-12(13-10-20-11-13)18(22)21-14-6-8-15(9-7-14)23-17-5-3-2-4-16(17)19/h2-9,12-13,20H,10-11H2,1H3,(H,21,22). The van der Waals surface area contributed by atoms with Gasteiger partial charge in [-0.25, -0.2) is 0 Å². The quantitative estimate of drug-likeness (QED) is 0.848. The van der Waals surface area contributed by atoms with Crippen molar-refractivity contribution in [2.75, 3.05) is 18.4 Å². The minimum absolute atomic E-state index is 0.0356. The monoisotopic (exact) mass is 346 g/mol. The molecule has 0 saturated carbocycles. The van der Waals surface area contributed by atoms with E-state index < -0.39 is 0 Å². The van der Waals surface area contributed by atoms with Gasteiger partial charge in [-0.3, -0.25) is 4.79 Å². The summed E-state index contributed by atoms with van der Waals surface area (Å²) in [6.45, 7) is 3.85. The SMILES string of the molecule is CC(C(=O)Nc1ccc(Sc2ccccc2Cl)cc1)C1CNC1. The molecule has 1 heterocycles. The third-order valence-corrected chi connectivity index (χ3v) is 5.65. The summed E-state index contributed by atoms with van der Waals surface area (Å²) in [6.07, 6.45) is 0. The summed E-state index contributed by atoms with van der Waals surface area (Å²) >= 11 is 7.79. The second-order valence-electron chi connectivity index (χ2n) is 5.75. The molecule has 2 N–H and O–H groups in total. The van der Waals surface area contributed by atoms with Gasteiger partial charge in [-0.1, -0.05) is 42.4 Å². The van der Waals surface area contributed by atoms with Crippen LogP contribution in [0.5, 0.6) is 0 Å². The maximum absolute atomic E-state index is 12.2. The fourth-order valence-electron chi connectivity index (χ4n) is 2.40. The van der Waals surface area contributed by atoms with E-state index in [4.69, 9.17) is 11.6 Å². The fourth-order valence-corrected chi connectivity index (χ4v) is 3.49. The number of carbonyl (C=O) groups is 1. The minimum Gasteiger partial charge on any atom is -0.326 e. The van der Waals surface area contributed by atoms with Crippen molar-refractivity contribution in [1.82, 2.24) is 5.32 Å². The Hall–Kier alpha value is -1.49.